The lowest BCUT2D eigenvalue weighted by atomic mass is 10.00. The summed E-state index contributed by atoms with van der Waals surface area (Å²) in [6.45, 7) is 2.87. The van der Waals surface area contributed by atoms with E-state index in [2.05, 4.69) is 12.2 Å². The summed E-state index contributed by atoms with van der Waals surface area (Å²) in [4.78, 5) is 10.5. The molecular weight excluding hydrogens is 216 g/mol. The van der Waals surface area contributed by atoms with E-state index in [1.165, 1.54) is 0 Å². The third-order valence-electron chi connectivity index (χ3n) is 2.57. The van der Waals surface area contributed by atoms with Gasteiger partial charge in [-0.25, -0.2) is 0 Å². The van der Waals surface area contributed by atoms with Gasteiger partial charge >= 0.3 is 5.97 Å². The van der Waals surface area contributed by atoms with E-state index < -0.39 is 5.97 Å². The topological polar surface area (TPSA) is 75.3 Å². The number of hydrogen-bond donors (Lipinski definition) is 3. The summed E-state index contributed by atoms with van der Waals surface area (Å²) in [7, 11) is 0. The van der Waals surface area contributed by atoms with Gasteiger partial charge < -0.3 is 16.2 Å². The first-order valence-electron chi connectivity index (χ1n) is 5.84. The van der Waals surface area contributed by atoms with E-state index in [-0.39, 0.29) is 12.5 Å². The largest absolute Gasteiger partial charge is 0.481 e. The van der Waals surface area contributed by atoms with E-state index in [0.717, 1.165) is 12.2 Å². The van der Waals surface area contributed by atoms with Crippen LogP contribution in [0.1, 0.15) is 19.8 Å². The summed E-state index contributed by atoms with van der Waals surface area (Å²) in [5, 5.41) is 11.9. The first-order valence-corrected chi connectivity index (χ1v) is 5.84. The molecule has 4 N–H and O–H groups in total. The van der Waals surface area contributed by atoms with Crippen molar-refractivity contribution >= 4 is 11.7 Å². The van der Waals surface area contributed by atoms with Gasteiger partial charge in [-0.3, -0.25) is 4.79 Å². The molecule has 0 saturated carbocycles. The molecule has 0 spiro atoms. The van der Waals surface area contributed by atoms with Crippen molar-refractivity contribution in [2.24, 2.45) is 11.7 Å². The summed E-state index contributed by atoms with van der Waals surface area (Å²) in [5.74, 6) is -0.481. The Kier molecular flexibility index (Phi) is 5.49. The molecule has 0 saturated heterocycles. The molecule has 0 radical (unpaired) electrons. The van der Waals surface area contributed by atoms with Crippen molar-refractivity contribution in [3.05, 3.63) is 30.3 Å². The number of nitrogens with one attached hydrogen (secondary N) is 1. The van der Waals surface area contributed by atoms with Gasteiger partial charge in [0, 0.05) is 18.3 Å². The molecule has 0 fully saturated rings. The normalized spacial score (nSPS) is 14.0. The molecule has 0 unspecified atom stereocenters. The van der Waals surface area contributed by atoms with E-state index in [9.17, 15) is 4.79 Å². The second-order valence-corrected chi connectivity index (χ2v) is 4.45. The van der Waals surface area contributed by atoms with Gasteiger partial charge in [-0.15, -0.1) is 0 Å². The fourth-order valence-electron chi connectivity index (χ4n) is 1.76. The molecule has 0 heterocycles. The lowest BCUT2D eigenvalue weighted by molar-refractivity contribution is -0.137. The van der Waals surface area contributed by atoms with Gasteiger partial charge in [0.2, 0.25) is 0 Å². The zero-order valence-corrected chi connectivity index (χ0v) is 10.1. The number of anilines is 1. The van der Waals surface area contributed by atoms with Crippen molar-refractivity contribution in [2.45, 2.75) is 25.8 Å². The SMILES string of the molecule is C[C@@H](CNc1ccccc1)C[C@H](N)CC(=O)O. The minimum atomic E-state index is -0.833. The molecule has 0 aliphatic heterocycles. The summed E-state index contributed by atoms with van der Waals surface area (Å²) in [6.07, 6.45) is 0.752. The number of para-hydroxylation sites is 1. The zero-order chi connectivity index (χ0) is 12.7. The number of carboxylic acid groups (broad SMARTS) is 1. The quantitative estimate of drug-likeness (QED) is 0.676. The highest BCUT2D eigenvalue weighted by atomic mass is 16.4. The first-order chi connectivity index (χ1) is 8.08. The molecule has 0 aliphatic carbocycles. The highest BCUT2D eigenvalue weighted by molar-refractivity contribution is 5.67. The van der Waals surface area contributed by atoms with Gasteiger partial charge in [0.25, 0.3) is 0 Å². The van der Waals surface area contributed by atoms with Crippen LogP contribution < -0.4 is 11.1 Å². The molecule has 0 bridgehead atoms. The van der Waals surface area contributed by atoms with Crippen LogP contribution in [0.3, 0.4) is 0 Å². The molecule has 2 atom stereocenters. The second kappa shape index (κ2) is 6.91. The number of rotatable bonds is 7. The lowest BCUT2D eigenvalue weighted by Gasteiger charge is -2.17. The Bertz CT molecular complexity index is 341. The Balaban J connectivity index is 2.25. The fourth-order valence-corrected chi connectivity index (χ4v) is 1.76. The van der Waals surface area contributed by atoms with Gasteiger partial charge in [0.05, 0.1) is 6.42 Å². The van der Waals surface area contributed by atoms with Crippen molar-refractivity contribution in [1.29, 1.82) is 0 Å². The van der Waals surface area contributed by atoms with E-state index in [0.29, 0.717) is 12.3 Å². The number of carbonyl (C=O) groups is 1. The van der Waals surface area contributed by atoms with Crippen LogP contribution >= 0.6 is 0 Å². The Labute approximate surface area is 102 Å². The van der Waals surface area contributed by atoms with Gasteiger partial charge in [-0.05, 0) is 24.5 Å². The van der Waals surface area contributed by atoms with Crippen LogP contribution in [0.5, 0.6) is 0 Å². The Morgan fingerprint density at radius 3 is 2.65 bits per heavy atom. The number of carboxylic acids is 1. The summed E-state index contributed by atoms with van der Waals surface area (Å²) >= 11 is 0. The van der Waals surface area contributed by atoms with Gasteiger partial charge in [-0.2, -0.15) is 0 Å². The molecule has 1 aromatic rings. The lowest BCUT2D eigenvalue weighted by Crippen LogP contribution is -2.28. The van der Waals surface area contributed by atoms with Crippen LogP contribution in [0.15, 0.2) is 30.3 Å². The van der Waals surface area contributed by atoms with Gasteiger partial charge in [0.1, 0.15) is 0 Å². The van der Waals surface area contributed by atoms with Gasteiger partial charge in [0.15, 0.2) is 0 Å². The number of hydrogen-bond acceptors (Lipinski definition) is 3. The highest BCUT2D eigenvalue weighted by Crippen LogP contribution is 2.10. The Morgan fingerprint density at radius 2 is 2.06 bits per heavy atom. The number of benzene rings is 1. The Morgan fingerprint density at radius 1 is 1.41 bits per heavy atom. The molecule has 94 valence electrons. The number of aliphatic carboxylic acids is 1. The van der Waals surface area contributed by atoms with Crippen LogP contribution in [0.25, 0.3) is 0 Å². The molecule has 0 aromatic heterocycles. The van der Waals surface area contributed by atoms with Crippen LogP contribution in [-0.4, -0.2) is 23.7 Å². The van der Waals surface area contributed by atoms with Crippen molar-refractivity contribution in [1.82, 2.24) is 0 Å². The van der Waals surface area contributed by atoms with Crippen LogP contribution in [0.2, 0.25) is 0 Å². The van der Waals surface area contributed by atoms with E-state index in [1.807, 2.05) is 30.3 Å². The highest BCUT2D eigenvalue weighted by Gasteiger charge is 2.12. The van der Waals surface area contributed by atoms with Crippen molar-refractivity contribution < 1.29 is 9.90 Å². The third-order valence-corrected chi connectivity index (χ3v) is 2.57. The molecule has 1 rings (SSSR count). The van der Waals surface area contributed by atoms with Crippen molar-refractivity contribution in [3.63, 3.8) is 0 Å². The fraction of sp³-hybridized carbons (Fsp3) is 0.462. The maximum atomic E-state index is 10.5. The second-order valence-electron chi connectivity index (χ2n) is 4.45. The van der Waals surface area contributed by atoms with Crippen LogP contribution in [-0.2, 0) is 4.79 Å². The van der Waals surface area contributed by atoms with E-state index in [4.69, 9.17) is 10.8 Å². The smallest absolute Gasteiger partial charge is 0.304 e. The average molecular weight is 236 g/mol. The van der Waals surface area contributed by atoms with Gasteiger partial charge in [-0.1, -0.05) is 25.1 Å². The predicted molar refractivity (Wildman–Crippen MR) is 68.9 cm³/mol. The average Bonchev–Trinajstić information content (AvgIpc) is 2.26. The minimum absolute atomic E-state index is 0.0374. The molecule has 0 amide bonds. The summed E-state index contributed by atoms with van der Waals surface area (Å²) in [5.41, 5.74) is 6.81. The maximum Gasteiger partial charge on any atom is 0.304 e. The first kappa shape index (κ1) is 13.5. The molecule has 1 aromatic carbocycles. The van der Waals surface area contributed by atoms with Crippen molar-refractivity contribution in [3.8, 4) is 0 Å². The molecule has 0 aliphatic rings. The minimum Gasteiger partial charge on any atom is -0.481 e. The maximum absolute atomic E-state index is 10.5. The van der Waals surface area contributed by atoms with Crippen LogP contribution in [0, 0.1) is 5.92 Å². The standard InChI is InChI=1S/C13H20N2O2/c1-10(7-11(14)8-13(16)17)9-15-12-5-3-2-4-6-12/h2-6,10-11,15H,7-9,14H2,1H3,(H,16,17)/t10-,11+/m1/s1. The molecule has 4 heteroatoms. The zero-order valence-electron chi connectivity index (χ0n) is 10.1. The summed E-state index contributed by atoms with van der Waals surface area (Å²) in [6, 6.07) is 9.66. The number of nitrogens with two attached hydrogens (primary N) is 1. The Hall–Kier alpha value is -1.55. The summed E-state index contributed by atoms with van der Waals surface area (Å²) < 4.78 is 0. The predicted octanol–water partition coefficient (Wildman–Crippen LogP) is 1.93. The van der Waals surface area contributed by atoms with E-state index in [1.54, 1.807) is 0 Å². The molecule has 17 heavy (non-hydrogen) atoms. The van der Waals surface area contributed by atoms with Crippen molar-refractivity contribution in [2.75, 3.05) is 11.9 Å². The monoisotopic (exact) mass is 236 g/mol. The molecule has 4 nitrogen and oxygen atoms in total. The van der Waals surface area contributed by atoms with Crippen LogP contribution in [0.4, 0.5) is 5.69 Å². The third kappa shape index (κ3) is 5.92. The molecular formula is C13H20N2O2. The van der Waals surface area contributed by atoms with E-state index >= 15 is 0 Å².